The molecule has 3 amide bonds. The molecule has 0 saturated carbocycles. The zero-order valence-electron chi connectivity index (χ0n) is 23.2. The molecule has 0 aliphatic carbocycles. The first-order chi connectivity index (χ1) is 19.9. The summed E-state index contributed by atoms with van der Waals surface area (Å²) in [6.07, 6.45) is 1.83. The van der Waals surface area contributed by atoms with Crippen LogP contribution >= 0.6 is 0 Å². The number of methoxy groups -OCH3 is 4. The number of amides is 3. The maximum Gasteiger partial charge on any atom is 0.329 e. The van der Waals surface area contributed by atoms with Gasteiger partial charge >= 0.3 is 11.8 Å². The Morgan fingerprint density at radius 2 is 1.51 bits per heavy atom. The molecule has 12 heteroatoms. The Hall–Kier alpha value is -5.26. The highest BCUT2D eigenvalue weighted by Gasteiger charge is 2.13. The van der Waals surface area contributed by atoms with E-state index in [0.717, 1.165) is 5.56 Å². The van der Waals surface area contributed by atoms with Crippen LogP contribution in [-0.2, 0) is 20.8 Å². The number of nitrogens with zero attached hydrogens (tertiary/aromatic N) is 1. The summed E-state index contributed by atoms with van der Waals surface area (Å²) in [5.41, 5.74) is 4.22. The average Bonchev–Trinajstić information content (AvgIpc) is 3.00. The molecule has 0 heterocycles. The summed E-state index contributed by atoms with van der Waals surface area (Å²) >= 11 is 0. The Bertz CT molecular complexity index is 1390. The molecule has 3 aromatic carbocycles. The van der Waals surface area contributed by atoms with E-state index in [9.17, 15) is 14.4 Å². The van der Waals surface area contributed by atoms with Crippen molar-refractivity contribution in [3.05, 3.63) is 71.8 Å². The van der Waals surface area contributed by atoms with E-state index in [1.165, 1.54) is 13.3 Å². The van der Waals surface area contributed by atoms with Crippen molar-refractivity contribution in [2.45, 2.75) is 6.42 Å². The predicted octanol–water partition coefficient (Wildman–Crippen LogP) is 2.55. The lowest BCUT2D eigenvalue weighted by atomic mass is 10.1. The summed E-state index contributed by atoms with van der Waals surface area (Å²) in [5.74, 6) is 0.380. The number of rotatable bonds is 13. The number of anilines is 1. The lowest BCUT2D eigenvalue weighted by Gasteiger charge is -2.12. The normalized spacial score (nSPS) is 10.4. The van der Waals surface area contributed by atoms with Crippen molar-refractivity contribution in [2.24, 2.45) is 5.10 Å². The minimum Gasteiger partial charge on any atom is -0.497 e. The van der Waals surface area contributed by atoms with Gasteiger partial charge in [0.1, 0.15) is 5.75 Å². The van der Waals surface area contributed by atoms with Crippen LogP contribution in [-0.4, -0.2) is 65.5 Å². The standard InChI is InChI=1S/C29H32N4O8/c1-37-22-7-5-6-21(16-22)32-27(34)18-41-24-11-9-20(15-26(24)40-4)17-31-33-29(36)28(35)30-13-12-19-8-10-23(38-2)25(14-19)39-3/h5-11,14-17H,12-13,18H2,1-4H3,(H,30,35)(H,32,34)(H,33,36)/b31-17-. The molecule has 0 aromatic heterocycles. The summed E-state index contributed by atoms with van der Waals surface area (Å²) in [7, 11) is 6.08. The van der Waals surface area contributed by atoms with E-state index in [1.54, 1.807) is 75.9 Å². The van der Waals surface area contributed by atoms with E-state index in [0.29, 0.717) is 46.4 Å². The number of hydrazone groups is 1. The lowest BCUT2D eigenvalue weighted by Crippen LogP contribution is -2.38. The first kappa shape index (κ1) is 30.3. The molecule has 216 valence electrons. The van der Waals surface area contributed by atoms with Crippen LogP contribution < -0.4 is 39.7 Å². The molecule has 3 rings (SSSR count). The molecule has 12 nitrogen and oxygen atoms in total. The molecule has 0 saturated heterocycles. The Morgan fingerprint density at radius 1 is 0.780 bits per heavy atom. The van der Waals surface area contributed by atoms with Crippen molar-refractivity contribution >= 4 is 29.6 Å². The Morgan fingerprint density at radius 3 is 2.24 bits per heavy atom. The fourth-order valence-electron chi connectivity index (χ4n) is 3.58. The molecule has 0 bridgehead atoms. The molecule has 41 heavy (non-hydrogen) atoms. The maximum atomic E-state index is 12.3. The van der Waals surface area contributed by atoms with Gasteiger partial charge < -0.3 is 34.3 Å². The van der Waals surface area contributed by atoms with Crippen molar-refractivity contribution in [3.63, 3.8) is 0 Å². The minimum atomic E-state index is -0.914. The van der Waals surface area contributed by atoms with Gasteiger partial charge in [0, 0.05) is 18.3 Å². The van der Waals surface area contributed by atoms with E-state index in [4.69, 9.17) is 23.7 Å². The fourth-order valence-corrected chi connectivity index (χ4v) is 3.58. The van der Waals surface area contributed by atoms with Crippen LogP contribution in [0, 0.1) is 0 Å². The Kier molecular flexibility index (Phi) is 11.3. The van der Waals surface area contributed by atoms with Gasteiger partial charge in [-0.05, 0) is 60.0 Å². The summed E-state index contributed by atoms with van der Waals surface area (Å²) < 4.78 is 26.5. The monoisotopic (exact) mass is 564 g/mol. The molecule has 0 aliphatic heterocycles. The van der Waals surface area contributed by atoms with Crippen molar-refractivity contribution in [2.75, 3.05) is 46.9 Å². The van der Waals surface area contributed by atoms with Crippen LogP contribution in [0.5, 0.6) is 28.7 Å². The summed E-state index contributed by atoms with van der Waals surface area (Å²) in [6.45, 7) is -0.0140. The zero-order valence-corrected chi connectivity index (χ0v) is 23.2. The van der Waals surface area contributed by atoms with Crippen LogP contribution in [0.1, 0.15) is 11.1 Å². The molecule has 3 N–H and O–H groups in total. The lowest BCUT2D eigenvalue weighted by molar-refractivity contribution is -0.139. The van der Waals surface area contributed by atoms with Gasteiger partial charge in [-0.1, -0.05) is 12.1 Å². The van der Waals surface area contributed by atoms with Crippen LogP contribution in [0.3, 0.4) is 0 Å². The molecule has 0 atom stereocenters. The van der Waals surface area contributed by atoms with Crippen LogP contribution in [0.25, 0.3) is 0 Å². The zero-order chi connectivity index (χ0) is 29.6. The second-order valence-electron chi connectivity index (χ2n) is 8.37. The van der Waals surface area contributed by atoms with Gasteiger partial charge in [0.25, 0.3) is 5.91 Å². The highest BCUT2D eigenvalue weighted by atomic mass is 16.5. The second-order valence-corrected chi connectivity index (χ2v) is 8.37. The number of carbonyl (C=O) groups excluding carboxylic acids is 3. The van der Waals surface area contributed by atoms with Gasteiger partial charge in [-0.25, -0.2) is 5.43 Å². The first-order valence-electron chi connectivity index (χ1n) is 12.4. The molecule has 0 aliphatic rings. The highest BCUT2D eigenvalue weighted by Crippen LogP contribution is 2.28. The maximum absolute atomic E-state index is 12.3. The van der Waals surface area contributed by atoms with Crippen LogP contribution in [0.4, 0.5) is 5.69 Å². The molecular formula is C29H32N4O8. The summed E-state index contributed by atoms with van der Waals surface area (Å²) in [4.78, 5) is 36.5. The molecule has 0 spiro atoms. The number of hydrogen-bond acceptors (Lipinski definition) is 9. The van der Waals surface area contributed by atoms with Crippen molar-refractivity contribution in [1.29, 1.82) is 0 Å². The van der Waals surface area contributed by atoms with Gasteiger partial charge in [0.15, 0.2) is 29.6 Å². The third kappa shape index (κ3) is 9.17. The highest BCUT2D eigenvalue weighted by molar-refractivity contribution is 6.35. The number of hydrogen-bond donors (Lipinski definition) is 3. The molecule has 0 radical (unpaired) electrons. The first-order valence-corrected chi connectivity index (χ1v) is 12.4. The van der Waals surface area contributed by atoms with Crippen molar-refractivity contribution < 1.29 is 38.1 Å². The van der Waals surface area contributed by atoms with Crippen LogP contribution in [0.15, 0.2) is 65.8 Å². The van der Waals surface area contributed by atoms with Gasteiger partial charge in [0.05, 0.1) is 34.7 Å². The smallest absolute Gasteiger partial charge is 0.329 e. The third-order valence-electron chi connectivity index (χ3n) is 5.63. The number of benzene rings is 3. The van der Waals surface area contributed by atoms with Gasteiger partial charge in [0.2, 0.25) is 0 Å². The quantitative estimate of drug-likeness (QED) is 0.163. The average molecular weight is 565 g/mol. The van der Waals surface area contributed by atoms with Gasteiger partial charge in [-0.3, -0.25) is 14.4 Å². The van der Waals surface area contributed by atoms with E-state index >= 15 is 0 Å². The number of carbonyl (C=O) groups is 3. The Balaban J connectivity index is 1.46. The third-order valence-corrected chi connectivity index (χ3v) is 5.63. The largest absolute Gasteiger partial charge is 0.497 e. The van der Waals surface area contributed by atoms with Crippen molar-refractivity contribution in [1.82, 2.24) is 10.7 Å². The number of ether oxygens (including phenoxy) is 5. The molecule has 0 unspecified atom stereocenters. The predicted molar refractivity (Wildman–Crippen MR) is 152 cm³/mol. The SMILES string of the molecule is COc1cccc(NC(=O)COc2ccc(/C=N\NC(=O)C(=O)NCCc3ccc(OC)c(OC)c3)cc2OC)c1. The summed E-state index contributed by atoms with van der Waals surface area (Å²) in [5, 5.41) is 9.09. The molecule has 3 aromatic rings. The van der Waals surface area contributed by atoms with Gasteiger partial charge in [-0.2, -0.15) is 5.10 Å². The van der Waals surface area contributed by atoms with E-state index in [1.807, 2.05) is 6.07 Å². The second kappa shape index (κ2) is 15.4. The molecular weight excluding hydrogens is 532 g/mol. The fraction of sp³-hybridized carbons (Fsp3) is 0.241. The molecule has 0 fully saturated rings. The number of nitrogens with one attached hydrogen (secondary N) is 3. The topological polar surface area (TPSA) is 146 Å². The minimum absolute atomic E-state index is 0.238. The van der Waals surface area contributed by atoms with Crippen LogP contribution in [0.2, 0.25) is 0 Å². The van der Waals surface area contributed by atoms with Gasteiger partial charge in [-0.15, -0.1) is 0 Å². The van der Waals surface area contributed by atoms with E-state index in [-0.39, 0.29) is 19.1 Å². The van der Waals surface area contributed by atoms with E-state index in [2.05, 4.69) is 21.2 Å². The Labute approximate surface area is 237 Å². The van der Waals surface area contributed by atoms with Crippen molar-refractivity contribution in [3.8, 4) is 28.7 Å². The van der Waals surface area contributed by atoms with E-state index < -0.39 is 11.8 Å². The summed E-state index contributed by atoms with van der Waals surface area (Å²) in [6, 6.07) is 17.2.